The van der Waals surface area contributed by atoms with Gasteiger partial charge in [-0.25, -0.2) is 4.98 Å². The van der Waals surface area contributed by atoms with Crippen molar-refractivity contribution in [1.82, 2.24) is 4.98 Å². The van der Waals surface area contributed by atoms with E-state index in [2.05, 4.69) is 4.98 Å². The van der Waals surface area contributed by atoms with Crippen molar-refractivity contribution in [2.75, 3.05) is 32.1 Å². The fourth-order valence-corrected chi connectivity index (χ4v) is 4.05. The number of thiazole rings is 1. The number of halogens is 1. The summed E-state index contributed by atoms with van der Waals surface area (Å²) in [7, 11) is 4.10. The highest BCUT2D eigenvalue weighted by Crippen LogP contribution is 2.31. The minimum atomic E-state index is -0.504. The molecule has 7 nitrogen and oxygen atoms in total. The molecule has 1 N–H and O–H groups in total. The van der Waals surface area contributed by atoms with E-state index in [0.29, 0.717) is 16.7 Å². The summed E-state index contributed by atoms with van der Waals surface area (Å²) in [5.41, 5.74) is 0.919. The van der Waals surface area contributed by atoms with Crippen LogP contribution in [0.15, 0.2) is 42.5 Å². The van der Waals surface area contributed by atoms with Crippen LogP contribution in [0.1, 0.15) is 16.8 Å². The minimum absolute atomic E-state index is 0.111. The Morgan fingerprint density at radius 1 is 1.29 bits per heavy atom. The van der Waals surface area contributed by atoms with Crippen molar-refractivity contribution >= 4 is 49.9 Å². The van der Waals surface area contributed by atoms with Gasteiger partial charge in [0.1, 0.15) is 0 Å². The molecular weight excluding hydrogens is 400 g/mol. The van der Waals surface area contributed by atoms with Crippen molar-refractivity contribution in [2.45, 2.75) is 6.42 Å². The van der Waals surface area contributed by atoms with E-state index in [1.165, 1.54) is 34.4 Å². The second-order valence-electron chi connectivity index (χ2n) is 6.68. The number of quaternary nitrogens is 1. The number of rotatable bonds is 7. The molecule has 0 fully saturated rings. The van der Waals surface area contributed by atoms with Crippen molar-refractivity contribution in [3.8, 4) is 0 Å². The summed E-state index contributed by atoms with van der Waals surface area (Å²) in [5, 5.41) is 12.2. The largest absolute Gasteiger partial charge is 0.340 e. The molecule has 0 bridgehead atoms. The van der Waals surface area contributed by atoms with Crippen LogP contribution in [0.5, 0.6) is 0 Å². The van der Waals surface area contributed by atoms with Crippen molar-refractivity contribution in [2.24, 2.45) is 0 Å². The highest BCUT2D eigenvalue weighted by atomic mass is 35.5. The molecule has 0 saturated carbocycles. The standard InChI is InChI=1S/C19H19ClN4O3S/c1-22(2)9-4-10-23(18(25)13-5-3-6-15(11-13)24(26)27)19-21-16-8-7-14(20)12-17(16)28-19/h3,5-8,11-12H,4,9-10H2,1-2H3/p+1. The van der Waals surface area contributed by atoms with Crippen LogP contribution in [0.2, 0.25) is 5.02 Å². The number of aromatic nitrogens is 1. The van der Waals surface area contributed by atoms with Gasteiger partial charge in [-0.3, -0.25) is 19.8 Å². The molecular formula is C19H20ClN4O3S+. The number of nitrogens with zero attached hydrogens (tertiary/aromatic N) is 3. The van der Waals surface area contributed by atoms with E-state index in [9.17, 15) is 14.9 Å². The fourth-order valence-electron chi connectivity index (χ4n) is 2.78. The number of carbonyl (C=O) groups excluding carboxylic acids is 1. The van der Waals surface area contributed by atoms with E-state index in [-0.39, 0.29) is 17.2 Å². The third kappa shape index (κ3) is 4.64. The summed E-state index contributed by atoms with van der Waals surface area (Å²) in [6, 6.07) is 11.2. The predicted octanol–water partition coefficient (Wildman–Crippen LogP) is 3.04. The second kappa shape index (κ2) is 8.64. The third-order valence-corrected chi connectivity index (χ3v) is 5.45. The first-order chi connectivity index (χ1) is 13.3. The van der Waals surface area contributed by atoms with Gasteiger partial charge in [0.15, 0.2) is 5.13 Å². The maximum Gasteiger partial charge on any atom is 0.270 e. The Bertz CT molecular complexity index is 1020. The number of carbonyl (C=O) groups is 1. The summed E-state index contributed by atoms with van der Waals surface area (Å²) in [5.74, 6) is -0.303. The van der Waals surface area contributed by atoms with E-state index in [4.69, 9.17) is 11.6 Å². The summed E-state index contributed by atoms with van der Waals surface area (Å²) in [6.07, 6.45) is 0.777. The molecule has 1 amide bonds. The van der Waals surface area contributed by atoms with Crippen LogP contribution < -0.4 is 9.80 Å². The number of fused-ring (bicyclic) bond motifs is 1. The van der Waals surface area contributed by atoms with Crippen molar-refractivity contribution < 1.29 is 14.6 Å². The number of nitrogens with one attached hydrogen (secondary N) is 1. The Morgan fingerprint density at radius 2 is 2.07 bits per heavy atom. The first-order valence-corrected chi connectivity index (χ1v) is 9.96. The van der Waals surface area contributed by atoms with Crippen LogP contribution in [-0.2, 0) is 0 Å². The van der Waals surface area contributed by atoms with E-state index in [1.807, 2.05) is 26.2 Å². The molecule has 0 aliphatic carbocycles. The van der Waals surface area contributed by atoms with E-state index in [1.54, 1.807) is 17.0 Å². The topological polar surface area (TPSA) is 80.8 Å². The highest BCUT2D eigenvalue weighted by Gasteiger charge is 2.23. The van der Waals surface area contributed by atoms with E-state index < -0.39 is 4.92 Å². The molecule has 28 heavy (non-hydrogen) atoms. The zero-order valence-electron chi connectivity index (χ0n) is 15.5. The Labute approximate surface area is 171 Å². The third-order valence-electron chi connectivity index (χ3n) is 4.18. The van der Waals surface area contributed by atoms with Gasteiger partial charge in [-0.2, -0.15) is 0 Å². The predicted molar refractivity (Wildman–Crippen MR) is 112 cm³/mol. The van der Waals surface area contributed by atoms with Gasteiger partial charge in [0.05, 0.1) is 35.8 Å². The minimum Gasteiger partial charge on any atom is -0.340 e. The lowest BCUT2D eigenvalue weighted by molar-refractivity contribution is -0.858. The first kappa shape index (κ1) is 20.2. The Balaban J connectivity index is 1.96. The zero-order chi connectivity index (χ0) is 20.3. The number of non-ortho nitro benzene ring substituents is 1. The lowest BCUT2D eigenvalue weighted by Gasteiger charge is -2.20. The van der Waals surface area contributed by atoms with Crippen molar-refractivity contribution in [1.29, 1.82) is 0 Å². The molecule has 0 unspecified atom stereocenters. The number of amides is 1. The first-order valence-electron chi connectivity index (χ1n) is 8.76. The number of hydrogen-bond acceptors (Lipinski definition) is 5. The smallest absolute Gasteiger partial charge is 0.270 e. The van der Waals surface area contributed by atoms with Crippen LogP contribution >= 0.6 is 22.9 Å². The van der Waals surface area contributed by atoms with Gasteiger partial charge in [-0.1, -0.05) is 29.0 Å². The zero-order valence-corrected chi connectivity index (χ0v) is 17.1. The molecule has 0 aliphatic heterocycles. The maximum atomic E-state index is 13.2. The molecule has 3 rings (SSSR count). The van der Waals surface area contributed by atoms with Gasteiger partial charge in [0.2, 0.25) is 0 Å². The maximum absolute atomic E-state index is 13.2. The van der Waals surface area contributed by atoms with Gasteiger partial charge < -0.3 is 4.90 Å². The quantitative estimate of drug-likeness (QED) is 0.471. The molecule has 1 heterocycles. The highest BCUT2D eigenvalue weighted by molar-refractivity contribution is 7.22. The Morgan fingerprint density at radius 3 is 2.79 bits per heavy atom. The van der Waals surface area contributed by atoms with Gasteiger partial charge in [-0.15, -0.1) is 0 Å². The average molecular weight is 420 g/mol. The SMILES string of the molecule is C[NH+](C)CCCN(C(=O)c1cccc([N+](=O)[O-])c1)c1nc2ccc(Cl)cc2s1. The van der Waals surface area contributed by atoms with Crippen molar-refractivity contribution in [3.05, 3.63) is 63.2 Å². The molecule has 0 saturated heterocycles. The molecule has 3 aromatic rings. The van der Waals surface area contributed by atoms with Crippen LogP contribution in [-0.4, -0.2) is 43.0 Å². The average Bonchev–Trinajstić information content (AvgIpc) is 3.07. The molecule has 0 spiro atoms. The Kier molecular flexibility index (Phi) is 6.23. The molecule has 0 aliphatic rings. The molecule has 0 atom stereocenters. The fraction of sp³-hybridized carbons (Fsp3) is 0.263. The molecule has 1 aromatic heterocycles. The van der Waals surface area contributed by atoms with Gasteiger partial charge in [-0.05, 0) is 24.3 Å². The van der Waals surface area contributed by atoms with Crippen LogP contribution in [0.4, 0.5) is 10.8 Å². The Hall–Kier alpha value is -2.55. The summed E-state index contributed by atoms with van der Waals surface area (Å²) in [4.78, 5) is 31.2. The molecule has 2 aromatic carbocycles. The van der Waals surface area contributed by atoms with Gasteiger partial charge in [0, 0.05) is 35.7 Å². The monoisotopic (exact) mass is 419 g/mol. The van der Waals surface area contributed by atoms with E-state index in [0.717, 1.165) is 23.2 Å². The van der Waals surface area contributed by atoms with Gasteiger partial charge in [0.25, 0.3) is 11.6 Å². The van der Waals surface area contributed by atoms with Crippen LogP contribution in [0.25, 0.3) is 10.2 Å². The van der Waals surface area contributed by atoms with E-state index >= 15 is 0 Å². The number of nitro benzene ring substituents is 1. The lowest BCUT2D eigenvalue weighted by atomic mass is 10.1. The van der Waals surface area contributed by atoms with Gasteiger partial charge >= 0.3 is 0 Å². The van der Waals surface area contributed by atoms with Crippen molar-refractivity contribution in [3.63, 3.8) is 0 Å². The lowest BCUT2D eigenvalue weighted by Crippen LogP contribution is -3.05. The number of anilines is 1. The number of hydrogen-bond donors (Lipinski definition) is 1. The van der Waals surface area contributed by atoms with Crippen LogP contribution in [0, 0.1) is 10.1 Å². The summed E-state index contributed by atoms with van der Waals surface area (Å²) >= 11 is 7.44. The summed E-state index contributed by atoms with van der Waals surface area (Å²) < 4.78 is 0.887. The summed E-state index contributed by atoms with van der Waals surface area (Å²) in [6.45, 7) is 1.36. The molecule has 9 heteroatoms. The number of benzene rings is 2. The normalized spacial score (nSPS) is 11.1. The number of nitro groups is 1. The molecule has 0 radical (unpaired) electrons. The second-order valence-corrected chi connectivity index (χ2v) is 8.13. The molecule has 146 valence electrons. The van der Waals surface area contributed by atoms with Crippen LogP contribution in [0.3, 0.4) is 0 Å².